The smallest absolute Gasteiger partial charge is 0.273 e. The Hall–Kier alpha value is -1.32. The van der Waals surface area contributed by atoms with E-state index >= 15 is 0 Å². The maximum atomic E-state index is 10.7. The first-order valence-corrected chi connectivity index (χ1v) is 2.75. The molecule has 1 heterocycles. The molecular weight excluding hydrogens is 132 g/mol. The highest BCUT2D eigenvalue weighted by atomic mass is 16.5. The molecule has 4 heteroatoms. The Balaban J connectivity index is 2.85. The molecule has 4 nitrogen and oxygen atoms in total. The summed E-state index contributed by atoms with van der Waals surface area (Å²) in [6.07, 6.45) is 0. The van der Waals surface area contributed by atoms with Gasteiger partial charge in [-0.05, 0) is 6.92 Å². The lowest BCUT2D eigenvalue weighted by Crippen LogP contribution is -2.15. The van der Waals surface area contributed by atoms with Crippen molar-refractivity contribution in [3.05, 3.63) is 24.6 Å². The third kappa shape index (κ3) is 1.15. The van der Waals surface area contributed by atoms with Gasteiger partial charge < -0.3 is 9.84 Å². The largest absolute Gasteiger partial charge is 0.361 e. The molecule has 0 saturated heterocycles. The highest BCUT2D eigenvalue weighted by molar-refractivity contribution is 5.92. The van der Waals surface area contributed by atoms with E-state index in [0.717, 1.165) is 0 Å². The topological polar surface area (TPSA) is 55.1 Å². The lowest BCUT2D eigenvalue weighted by molar-refractivity contribution is 0.0960. The van der Waals surface area contributed by atoms with Gasteiger partial charge in [-0.2, -0.15) is 0 Å². The van der Waals surface area contributed by atoms with Crippen molar-refractivity contribution in [2.45, 2.75) is 6.92 Å². The van der Waals surface area contributed by atoms with E-state index in [9.17, 15) is 4.79 Å². The van der Waals surface area contributed by atoms with Crippen molar-refractivity contribution in [1.29, 1.82) is 0 Å². The number of carbonyl (C=O) groups is 1. The minimum atomic E-state index is -0.336. The minimum Gasteiger partial charge on any atom is -0.361 e. The predicted molar refractivity (Wildman–Crippen MR) is 34.1 cm³/mol. The summed E-state index contributed by atoms with van der Waals surface area (Å²) in [5.41, 5.74) is 0.257. The lowest BCUT2D eigenvalue weighted by Gasteiger charge is -1.87. The summed E-state index contributed by atoms with van der Waals surface area (Å²) in [5, 5.41) is 5.64. The van der Waals surface area contributed by atoms with Crippen LogP contribution in [0, 0.1) is 14.0 Å². The molecule has 0 saturated carbocycles. The number of nitrogens with one attached hydrogen (secondary N) is 1. The molecule has 0 fully saturated rings. The van der Waals surface area contributed by atoms with Gasteiger partial charge in [0.2, 0.25) is 0 Å². The number of aromatic nitrogens is 1. The van der Waals surface area contributed by atoms with Crippen LogP contribution in [0.2, 0.25) is 0 Å². The lowest BCUT2D eigenvalue weighted by atomic mass is 10.4. The first-order valence-electron chi connectivity index (χ1n) is 2.75. The Labute approximate surface area is 58.2 Å². The third-order valence-corrected chi connectivity index (χ3v) is 1.02. The normalized spacial score (nSPS) is 9.40. The molecular formula is C6H7N2O2. The summed E-state index contributed by atoms with van der Waals surface area (Å²) in [6, 6.07) is 1.54. The maximum Gasteiger partial charge on any atom is 0.273 e. The van der Waals surface area contributed by atoms with Crippen molar-refractivity contribution in [2.24, 2.45) is 0 Å². The standard InChI is InChI=1S/C6H7N2O2/c1-4-3-5(8-10-4)6(9)7-2/h3H,2H2,1H3,(H,7,9). The van der Waals surface area contributed by atoms with E-state index in [1.807, 2.05) is 0 Å². The van der Waals surface area contributed by atoms with Gasteiger partial charge in [-0.25, -0.2) is 0 Å². The zero-order valence-electron chi connectivity index (χ0n) is 5.55. The van der Waals surface area contributed by atoms with Gasteiger partial charge in [-0.3, -0.25) is 4.79 Å². The van der Waals surface area contributed by atoms with Crippen LogP contribution in [0.1, 0.15) is 16.2 Å². The van der Waals surface area contributed by atoms with Gasteiger partial charge in [0.15, 0.2) is 5.69 Å². The van der Waals surface area contributed by atoms with Crippen molar-refractivity contribution < 1.29 is 9.32 Å². The molecule has 1 N–H and O–H groups in total. The summed E-state index contributed by atoms with van der Waals surface area (Å²) in [5.74, 6) is 0.274. The number of amides is 1. The fourth-order valence-electron chi connectivity index (χ4n) is 0.564. The van der Waals surface area contributed by atoms with Crippen LogP contribution in [0.4, 0.5) is 0 Å². The summed E-state index contributed by atoms with van der Waals surface area (Å²) >= 11 is 0. The Bertz CT molecular complexity index is 242. The quantitative estimate of drug-likeness (QED) is 0.616. The second-order valence-corrected chi connectivity index (χ2v) is 1.83. The van der Waals surface area contributed by atoms with Gasteiger partial charge in [-0.1, -0.05) is 5.16 Å². The third-order valence-electron chi connectivity index (χ3n) is 1.02. The van der Waals surface area contributed by atoms with Crippen LogP contribution in [0.25, 0.3) is 0 Å². The molecule has 0 unspecified atom stereocenters. The average molecular weight is 139 g/mol. The van der Waals surface area contributed by atoms with Crippen LogP contribution in [0.3, 0.4) is 0 Å². The minimum absolute atomic E-state index is 0.257. The fraction of sp³-hybridized carbons (Fsp3) is 0.167. The molecule has 53 valence electrons. The number of aryl methyl sites for hydroxylation is 1. The van der Waals surface area contributed by atoms with E-state index in [1.165, 1.54) is 0 Å². The summed E-state index contributed by atoms with van der Waals surface area (Å²) < 4.78 is 4.65. The molecule has 0 aliphatic rings. The molecule has 0 atom stereocenters. The van der Waals surface area contributed by atoms with E-state index < -0.39 is 0 Å². The van der Waals surface area contributed by atoms with Crippen molar-refractivity contribution in [3.8, 4) is 0 Å². The summed E-state index contributed by atoms with van der Waals surface area (Å²) in [4.78, 5) is 10.7. The van der Waals surface area contributed by atoms with E-state index in [-0.39, 0.29) is 11.6 Å². The van der Waals surface area contributed by atoms with Gasteiger partial charge >= 0.3 is 0 Å². The maximum absolute atomic E-state index is 10.7. The van der Waals surface area contributed by atoms with Crippen molar-refractivity contribution in [2.75, 3.05) is 0 Å². The van der Waals surface area contributed by atoms with Crippen LogP contribution in [-0.2, 0) is 0 Å². The molecule has 0 spiro atoms. The predicted octanol–water partition coefficient (Wildman–Crippen LogP) is 0.504. The van der Waals surface area contributed by atoms with Crippen LogP contribution in [-0.4, -0.2) is 11.1 Å². The molecule has 0 bridgehead atoms. The van der Waals surface area contributed by atoms with Gasteiger partial charge in [0, 0.05) is 13.1 Å². The first kappa shape index (κ1) is 6.80. The molecule has 1 aromatic heterocycles. The molecule has 1 amide bonds. The molecule has 0 aliphatic carbocycles. The zero-order chi connectivity index (χ0) is 7.56. The molecule has 1 rings (SSSR count). The second kappa shape index (κ2) is 2.51. The van der Waals surface area contributed by atoms with E-state index in [0.29, 0.717) is 5.76 Å². The highest BCUT2D eigenvalue weighted by Gasteiger charge is 2.06. The number of nitrogens with zero attached hydrogens (tertiary/aromatic N) is 1. The van der Waals surface area contributed by atoms with E-state index in [4.69, 9.17) is 0 Å². The fourth-order valence-corrected chi connectivity index (χ4v) is 0.564. The van der Waals surface area contributed by atoms with Crippen LogP contribution >= 0.6 is 0 Å². The Kier molecular flexibility index (Phi) is 1.71. The van der Waals surface area contributed by atoms with Gasteiger partial charge in [-0.15, -0.1) is 0 Å². The molecule has 1 radical (unpaired) electrons. The van der Waals surface area contributed by atoms with Crippen LogP contribution in [0.5, 0.6) is 0 Å². The Morgan fingerprint density at radius 2 is 2.60 bits per heavy atom. The van der Waals surface area contributed by atoms with Crippen LogP contribution in [0.15, 0.2) is 10.6 Å². The Morgan fingerprint density at radius 3 is 3.00 bits per heavy atom. The van der Waals surface area contributed by atoms with Gasteiger partial charge in [0.25, 0.3) is 5.91 Å². The number of rotatable bonds is 1. The van der Waals surface area contributed by atoms with E-state index in [1.54, 1.807) is 13.0 Å². The highest BCUT2D eigenvalue weighted by Crippen LogP contribution is 1.99. The second-order valence-electron chi connectivity index (χ2n) is 1.83. The molecule has 10 heavy (non-hydrogen) atoms. The van der Waals surface area contributed by atoms with Crippen molar-refractivity contribution in [3.63, 3.8) is 0 Å². The van der Waals surface area contributed by atoms with Gasteiger partial charge in [0.1, 0.15) is 5.76 Å². The number of hydrogen-bond donors (Lipinski definition) is 1. The SMILES string of the molecule is [CH2]NC(=O)c1cc(C)on1. The summed E-state index contributed by atoms with van der Waals surface area (Å²) in [6.45, 7) is 1.72. The van der Waals surface area contributed by atoms with Crippen molar-refractivity contribution >= 4 is 5.91 Å². The monoisotopic (exact) mass is 139 g/mol. The van der Waals surface area contributed by atoms with Crippen molar-refractivity contribution in [1.82, 2.24) is 10.5 Å². The molecule has 1 aromatic rings. The van der Waals surface area contributed by atoms with Gasteiger partial charge in [0.05, 0.1) is 0 Å². The number of hydrogen-bond acceptors (Lipinski definition) is 3. The molecule has 0 aromatic carbocycles. The molecule has 0 aliphatic heterocycles. The van der Waals surface area contributed by atoms with Crippen LogP contribution < -0.4 is 5.32 Å². The van der Waals surface area contributed by atoms with E-state index in [2.05, 4.69) is 22.0 Å². The average Bonchev–Trinajstić information content (AvgIpc) is 2.34. The number of carbonyl (C=O) groups excluding carboxylic acids is 1. The Morgan fingerprint density at radius 1 is 1.90 bits per heavy atom. The summed E-state index contributed by atoms with van der Waals surface area (Å²) in [7, 11) is 3.19. The zero-order valence-corrected chi connectivity index (χ0v) is 5.55. The first-order chi connectivity index (χ1) is 4.74.